The van der Waals surface area contributed by atoms with Crippen molar-refractivity contribution in [2.75, 3.05) is 12.4 Å². The molecule has 0 aliphatic carbocycles. The van der Waals surface area contributed by atoms with Crippen LogP contribution in [0, 0.1) is 11.6 Å². The minimum atomic E-state index is -1.05. The summed E-state index contributed by atoms with van der Waals surface area (Å²) in [4.78, 5) is 23.8. The highest BCUT2D eigenvalue weighted by atomic mass is 19.1. The lowest BCUT2D eigenvalue weighted by atomic mass is 10.1. The number of esters is 1. The number of ether oxygens (including phenoxy) is 2. The molecule has 0 radical (unpaired) electrons. The Kier molecular flexibility index (Phi) is 6.05. The third-order valence-electron chi connectivity index (χ3n) is 3.35. The van der Waals surface area contributed by atoms with Gasteiger partial charge in [-0.15, -0.1) is 0 Å². The number of hydrogen-bond donors (Lipinski definition) is 1. The van der Waals surface area contributed by atoms with Crippen LogP contribution in [-0.2, 0) is 20.7 Å². The molecule has 0 aliphatic heterocycles. The van der Waals surface area contributed by atoms with Crippen LogP contribution in [0.25, 0.3) is 0 Å². The maximum absolute atomic E-state index is 13.6. The van der Waals surface area contributed by atoms with Gasteiger partial charge in [-0.25, -0.2) is 8.78 Å². The zero-order chi connectivity index (χ0) is 18.4. The number of carbonyl (C=O) groups is 2. The molecule has 25 heavy (non-hydrogen) atoms. The Morgan fingerprint density at radius 1 is 1.12 bits per heavy atom. The summed E-state index contributed by atoms with van der Waals surface area (Å²) in [6.07, 6.45) is -1.24. The minimum Gasteiger partial charge on any atom is -0.494 e. The normalized spacial score (nSPS) is 11.5. The lowest BCUT2D eigenvalue weighted by molar-refractivity contribution is -0.152. The zero-order valence-electron chi connectivity index (χ0n) is 13.7. The van der Waals surface area contributed by atoms with E-state index in [0.717, 1.165) is 0 Å². The molecule has 2 rings (SSSR count). The summed E-state index contributed by atoms with van der Waals surface area (Å²) in [5.41, 5.74) is 0.779. The molecule has 0 aromatic heterocycles. The Labute approximate surface area is 143 Å². The van der Waals surface area contributed by atoms with Crippen molar-refractivity contribution >= 4 is 17.6 Å². The van der Waals surface area contributed by atoms with Gasteiger partial charge in [-0.3, -0.25) is 9.59 Å². The highest BCUT2D eigenvalue weighted by Gasteiger charge is 2.18. The SMILES string of the molecule is COc1ccc(CC(=O)O[C@H](C)C(=O)Nc2ccc(F)cc2)cc1F. The van der Waals surface area contributed by atoms with Gasteiger partial charge in [-0.1, -0.05) is 6.07 Å². The maximum atomic E-state index is 13.6. The van der Waals surface area contributed by atoms with Crippen molar-refractivity contribution in [1.29, 1.82) is 0 Å². The smallest absolute Gasteiger partial charge is 0.311 e. The van der Waals surface area contributed by atoms with Gasteiger partial charge in [0.1, 0.15) is 5.82 Å². The first-order valence-corrected chi connectivity index (χ1v) is 7.47. The van der Waals surface area contributed by atoms with E-state index in [1.165, 1.54) is 56.5 Å². The van der Waals surface area contributed by atoms with Crippen LogP contribution < -0.4 is 10.1 Å². The second-order valence-corrected chi connectivity index (χ2v) is 5.27. The minimum absolute atomic E-state index is 0.0733. The summed E-state index contributed by atoms with van der Waals surface area (Å²) in [7, 11) is 1.34. The maximum Gasteiger partial charge on any atom is 0.311 e. The van der Waals surface area contributed by atoms with Gasteiger partial charge >= 0.3 is 5.97 Å². The van der Waals surface area contributed by atoms with E-state index in [9.17, 15) is 18.4 Å². The van der Waals surface area contributed by atoms with Gasteiger partial charge in [-0.05, 0) is 48.9 Å². The van der Waals surface area contributed by atoms with Gasteiger partial charge in [0.05, 0.1) is 13.5 Å². The topological polar surface area (TPSA) is 64.6 Å². The van der Waals surface area contributed by atoms with E-state index < -0.39 is 29.6 Å². The Hall–Kier alpha value is -2.96. The number of carbonyl (C=O) groups excluding carboxylic acids is 2. The monoisotopic (exact) mass is 349 g/mol. The Morgan fingerprint density at radius 3 is 2.40 bits per heavy atom. The Balaban J connectivity index is 1.89. The molecule has 0 bridgehead atoms. The molecular formula is C18H17F2NO4. The first-order chi connectivity index (χ1) is 11.9. The molecule has 1 atom stereocenters. The van der Waals surface area contributed by atoms with Crippen molar-refractivity contribution < 1.29 is 27.8 Å². The van der Waals surface area contributed by atoms with Gasteiger partial charge in [0, 0.05) is 5.69 Å². The van der Waals surface area contributed by atoms with E-state index in [1.54, 1.807) is 0 Å². The molecule has 1 amide bonds. The van der Waals surface area contributed by atoms with Crippen molar-refractivity contribution in [3.05, 3.63) is 59.7 Å². The molecule has 2 aromatic rings. The molecule has 5 nitrogen and oxygen atoms in total. The second kappa shape index (κ2) is 8.23. The zero-order valence-corrected chi connectivity index (χ0v) is 13.7. The molecule has 0 fully saturated rings. The van der Waals surface area contributed by atoms with Crippen LogP contribution in [0.3, 0.4) is 0 Å². The lowest BCUT2D eigenvalue weighted by Crippen LogP contribution is -2.30. The highest BCUT2D eigenvalue weighted by Crippen LogP contribution is 2.18. The van der Waals surface area contributed by atoms with Crippen molar-refractivity contribution in [2.24, 2.45) is 0 Å². The van der Waals surface area contributed by atoms with Gasteiger partial charge in [0.25, 0.3) is 5.91 Å². The average Bonchev–Trinajstić information content (AvgIpc) is 2.57. The molecular weight excluding hydrogens is 332 g/mol. The highest BCUT2D eigenvalue weighted by molar-refractivity contribution is 5.95. The lowest BCUT2D eigenvalue weighted by Gasteiger charge is -2.14. The largest absolute Gasteiger partial charge is 0.494 e. The number of rotatable bonds is 6. The first kappa shape index (κ1) is 18.4. The number of methoxy groups -OCH3 is 1. The summed E-state index contributed by atoms with van der Waals surface area (Å²) in [6.45, 7) is 1.41. The molecule has 1 N–H and O–H groups in total. The Morgan fingerprint density at radius 2 is 1.80 bits per heavy atom. The number of anilines is 1. The number of amides is 1. The van der Waals surface area contributed by atoms with Crippen LogP contribution in [0.1, 0.15) is 12.5 Å². The first-order valence-electron chi connectivity index (χ1n) is 7.47. The molecule has 132 valence electrons. The van der Waals surface area contributed by atoms with Crippen molar-refractivity contribution in [2.45, 2.75) is 19.4 Å². The fourth-order valence-electron chi connectivity index (χ4n) is 2.06. The summed E-state index contributed by atoms with van der Waals surface area (Å²) in [5.74, 6) is -2.17. The third kappa shape index (κ3) is 5.27. The van der Waals surface area contributed by atoms with E-state index in [1.807, 2.05) is 0 Å². The second-order valence-electron chi connectivity index (χ2n) is 5.27. The quantitative estimate of drug-likeness (QED) is 0.814. The fourth-order valence-corrected chi connectivity index (χ4v) is 2.06. The molecule has 0 aliphatic rings. The van der Waals surface area contributed by atoms with E-state index >= 15 is 0 Å². The van der Waals surface area contributed by atoms with Gasteiger partial charge < -0.3 is 14.8 Å². The third-order valence-corrected chi connectivity index (χ3v) is 3.35. The summed E-state index contributed by atoms with van der Waals surface area (Å²) in [6, 6.07) is 9.29. The molecule has 0 saturated carbocycles. The Bertz CT molecular complexity index is 762. The summed E-state index contributed by atoms with van der Waals surface area (Å²) < 4.78 is 36.2. The van der Waals surface area contributed by atoms with Crippen LogP contribution in [0.5, 0.6) is 5.75 Å². The van der Waals surface area contributed by atoms with E-state index in [-0.39, 0.29) is 12.2 Å². The predicted octanol–water partition coefficient (Wildman–Crippen LogP) is 3.09. The van der Waals surface area contributed by atoms with Crippen molar-refractivity contribution in [3.8, 4) is 5.75 Å². The van der Waals surface area contributed by atoms with E-state index in [2.05, 4.69) is 5.32 Å². The van der Waals surface area contributed by atoms with Crippen LogP contribution >= 0.6 is 0 Å². The van der Waals surface area contributed by atoms with Gasteiger partial charge in [0.15, 0.2) is 17.7 Å². The van der Waals surface area contributed by atoms with Gasteiger partial charge in [0.2, 0.25) is 0 Å². The molecule has 2 aromatic carbocycles. The molecule has 7 heteroatoms. The van der Waals surface area contributed by atoms with E-state index in [4.69, 9.17) is 9.47 Å². The van der Waals surface area contributed by atoms with Crippen LogP contribution in [0.4, 0.5) is 14.5 Å². The number of nitrogens with one attached hydrogen (secondary N) is 1. The fraction of sp³-hybridized carbons (Fsp3) is 0.222. The molecule has 0 heterocycles. The van der Waals surface area contributed by atoms with Crippen molar-refractivity contribution in [1.82, 2.24) is 0 Å². The van der Waals surface area contributed by atoms with Crippen LogP contribution in [-0.4, -0.2) is 25.1 Å². The van der Waals surface area contributed by atoms with Crippen LogP contribution in [0.15, 0.2) is 42.5 Å². The molecule has 0 spiro atoms. The molecule has 0 saturated heterocycles. The van der Waals surface area contributed by atoms with Crippen molar-refractivity contribution in [3.63, 3.8) is 0 Å². The number of hydrogen-bond acceptors (Lipinski definition) is 4. The molecule has 0 unspecified atom stereocenters. The van der Waals surface area contributed by atoms with Crippen LogP contribution in [0.2, 0.25) is 0 Å². The number of halogens is 2. The van der Waals surface area contributed by atoms with Gasteiger partial charge in [-0.2, -0.15) is 0 Å². The summed E-state index contributed by atoms with van der Waals surface area (Å²) >= 11 is 0. The summed E-state index contributed by atoms with van der Waals surface area (Å²) in [5, 5.41) is 2.50. The average molecular weight is 349 g/mol. The standard InChI is InChI=1S/C18H17F2NO4/c1-11(18(23)21-14-6-4-13(19)5-7-14)25-17(22)10-12-3-8-16(24-2)15(20)9-12/h3-9,11H,10H2,1-2H3,(H,21,23)/t11-/m1/s1. The van der Waals surface area contributed by atoms with E-state index in [0.29, 0.717) is 11.3 Å². The predicted molar refractivity (Wildman–Crippen MR) is 87.2 cm³/mol. The number of benzene rings is 2.